The minimum Gasteiger partial charge on any atom is -0.393 e. The van der Waals surface area contributed by atoms with Crippen molar-refractivity contribution in [3.8, 4) is 0 Å². The molecular weight excluding hydrogens is 548 g/mol. The Morgan fingerprint density at radius 2 is 1.58 bits per heavy atom. The third-order valence-electron chi connectivity index (χ3n) is 12.4. The van der Waals surface area contributed by atoms with Crippen molar-refractivity contribution < 1.29 is 34.3 Å². The van der Waals surface area contributed by atoms with Gasteiger partial charge in [-0.1, -0.05) is 20.8 Å². The van der Waals surface area contributed by atoms with Gasteiger partial charge in [0.25, 0.3) is 0 Å². The van der Waals surface area contributed by atoms with Gasteiger partial charge in [-0.15, -0.1) is 0 Å². The molecule has 9 heteroatoms. The fraction of sp³-hybridized carbons (Fsp3) is 0.971. The van der Waals surface area contributed by atoms with E-state index in [2.05, 4.69) is 26.1 Å². The van der Waals surface area contributed by atoms with E-state index in [-0.39, 0.29) is 34.9 Å². The number of carbonyl (C=O) groups is 1. The second-order valence-corrected chi connectivity index (χ2v) is 14.7. The van der Waals surface area contributed by atoms with E-state index in [9.17, 15) is 20.1 Å². The van der Waals surface area contributed by atoms with Crippen molar-refractivity contribution in [1.82, 2.24) is 5.32 Å². The van der Waals surface area contributed by atoms with Crippen molar-refractivity contribution in [2.75, 3.05) is 52.7 Å². The summed E-state index contributed by atoms with van der Waals surface area (Å²) in [6.07, 6.45) is 8.17. The van der Waals surface area contributed by atoms with Gasteiger partial charge in [0.05, 0.1) is 44.7 Å². The monoisotopic (exact) mass is 610 g/mol. The number of nitrogens with one attached hydrogen (secondary N) is 1. The lowest BCUT2D eigenvalue weighted by Crippen LogP contribution is -2.62. The molecule has 0 aromatic rings. The minimum atomic E-state index is -0.391. The van der Waals surface area contributed by atoms with E-state index in [1.807, 2.05) is 0 Å². The van der Waals surface area contributed by atoms with Crippen molar-refractivity contribution in [3.63, 3.8) is 0 Å². The molecule has 6 N–H and O–H groups in total. The number of fused-ring (bicyclic) bond motifs is 5. The highest BCUT2D eigenvalue weighted by Gasteiger charge is 2.65. The molecule has 0 aliphatic heterocycles. The fourth-order valence-electron chi connectivity index (χ4n) is 9.91. The van der Waals surface area contributed by atoms with E-state index >= 15 is 0 Å². The number of hydrogen-bond donors (Lipinski definition) is 5. The van der Waals surface area contributed by atoms with Crippen LogP contribution in [0.3, 0.4) is 0 Å². The van der Waals surface area contributed by atoms with Gasteiger partial charge in [-0.2, -0.15) is 0 Å². The summed E-state index contributed by atoms with van der Waals surface area (Å²) in [7, 11) is 0. The van der Waals surface area contributed by atoms with Gasteiger partial charge in [0.2, 0.25) is 5.91 Å². The first kappa shape index (κ1) is 35.1. The van der Waals surface area contributed by atoms with E-state index < -0.39 is 6.10 Å². The number of ether oxygens (including phenoxy) is 3. The predicted molar refractivity (Wildman–Crippen MR) is 166 cm³/mol. The van der Waals surface area contributed by atoms with E-state index in [0.29, 0.717) is 88.7 Å². The van der Waals surface area contributed by atoms with Crippen LogP contribution in [-0.2, 0) is 19.0 Å². The van der Waals surface area contributed by atoms with E-state index in [1.54, 1.807) is 0 Å². The van der Waals surface area contributed by atoms with Gasteiger partial charge in [-0.3, -0.25) is 4.79 Å². The zero-order valence-electron chi connectivity index (χ0n) is 27.2. The average molecular weight is 611 g/mol. The lowest BCUT2D eigenvalue weighted by Gasteiger charge is -2.63. The van der Waals surface area contributed by atoms with Crippen LogP contribution in [0, 0.1) is 46.3 Å². The van der Waals surface area contributed by atoms with Crippen LogP contribution in [0.25, 0.3) is 0 Å². The summed E-state index contributed by atoms with van der Waals surface area (Å²) >= 11 is 0. The summed E-state index contributed by atoms with van der Waals surface area (Å²) in [6.45, 7) is 11.6. The third kappa shape index (κ3) is 8.13. The Hall–Kier alpha value is -0.810. The molecule has 0 aromatic heterocycles. The highest BCUT2D eigenvalue weighted by Crippen LogP contribution is 2.68. The van der Waals surface area contributed by atoms with Crippen LogP contribution in [0.4, 0.5) is 0 Å². The highest BCUT2D eigenvalue weighted by molar-refractivity contribution is 5.75. The van der Waals surface area contributed by atoms with Crippen molar-refractivity contribution >= 4 is 5.91 Å². The van der Waals surface area contributed by atoms with Crippen LogP contribution in [0.1, 0.15) is 91.4 Å². The van der Waals surface area contributed by atoms with E-state index in [1.165, 1.54) is 0 Å². The quantitative estimate of drug-likeness (QED) is 0.158. The van der Waals surface area contributed by atoms with Crippen LogP contribution < -0.4 is 11.1 Å². The maximum absolute atomic E-state index is 12.6. The molecule has 0 aromatic carbocycles. The molecule has 0 radical (unpaired) electrons. The molecule has 2 unspecified atom stereocenters. The average Bonchev–Trinajstić information content (AvgIpc) is 3.34. The topological polar surface area (TPSA) is 144 Å². The van der Waals surface area contributed by atoms with Gasteiger partial charge < -0.3 is 40.6 Å². The molecule has 4 saturated carbocycles. The van der Waals surface area contributed by atoms with E-state index in [0.717, 1.165) is 64.2 Å². The summed E-state index contributed by atoms with van der Waals surface area (Å²) in [6, 6.07) is 0. The molecule has 4 rings (SSSR count). The summed E-state index contributed by atoms with van der Waals surface area (Å²) in [5.74, 6) is 1.93. The molecule has 4 aliphatic rings. The highest BCUT2D eigenvalue weighted by atomic mass is 16.5. The summed E-state index contributed by atoms with van der Waals surface area (Å²) in [4.78, 5) is 12.6. The molecule has 1 amide bonds. The zero-order chi connectivity index (χ0) is 31.0. The van der Waals surface area contributed by atoms with Crippen molar-refractivity contribution in [2.45, 2.75) is 110 Å². The number of aliphatic hydroxyl groups excluding tert-OH is 3. The summed E-state index contributed by atoms with van der Waals surface area (Å²) in [5, 5.41) is 36.6. The maximum atomic E-state index is 12.6. The smallest absolute Gasteiger partial charge is 0.220 e. The fourth-order valence-corrected chi connectivity index (χ4v) is 9.91. The molecule has 0 saturated heterocycles. The molecule has 250 valence electrons. The number of aliphatic hydroxyl groups is 3. The molecular formula is C34H62N2O7. The second-order valence-electron chi connectivity index (χ2n) is 14.7. The Morgan fingerprint density at radius 1 is 0.907 bits per heavy atom. The largest absolute Gasteiger partial charge is 0.393 e. The first-order valence-corrected chi connectivity index (χ1v) is 17.4. The van der Waals surface area contributed by atoms with Crippen LogP contribution in [0.5, 0.6) is 0 Å². The van der Waals surface area contributed by atoms with Crippen LogP contribution in [0.2, 0.25) is 0 Å². The predicted octanol–water partition coefficient (Wildman–Crippen LogP) is 3.27. The van der Waals surface area contributed by atoms with Gasteiger partial charge in [0.1, 0.15) is 0 Å². The number of amides is 1. The van der Waals surface area contributed by atoms with Gasteiger partial charge in [-0.25, -0.2) is 0 Å². The van der Waals surface area contributed by atoms with Gasteiger partial charge >= 0.3 is 0 Å². The lowest BCUT2D eigenvalue weighted by atomic mass is 9.43. The lowest BCUT2D eigenvalue weighted by molar-refractivity contribution is -0.207. The molecule has 9 nitrogen and oxygen atoms in total. The minimum absolute atomic E-state index is 0.0786. The Bertz CT molecular complexity index is 863. The first-order valence-electron chi connectivity index (χ1n) is 17.4. The molecule has 0 spiro atoms. The van der Waals surface area contributed by atoms with E-state index in [4.69, 9.17) is 19.9 Å². The van der Waals surface area contributed by atoms with Crippen LogP contribution in [-0.4, -0.2) is 92.3 Å². The molecule has 4 aliphatic carbocycles. The summed E-state index contributed by atoms with van der Waals surface area (Å²) < 4.78 is 16.5. The molecule has 0 heterocycles. The van der Waals surface area contributed by atoms with Gasteiger partial charge in [-0.05, 0) is 117 Å². The number of rotatable bonds is 17. The SMILES string of the molecule is C[C@H](CCC(=O)NCCCOCCOCCOCCCN)[C@H]1CC[C@H]2C3[C@H](O)CC4C[C@H](O)CC[C@]4(C)[C@H]3C[C@H](O)[C@]12C. The third-order valence-corrected chi connectivity index (χ3v) is 12.4. The number of hydrogen-bond acceptors (Lipinski definition) is 8. The van der Waals surface area contributed by atoms with Crippen molar-refractivity contribution in [1.29, 1.82) is 0 Å². The van der Waals surface area contributed by atoms with Crippen molar-refractivity contribution in [3.05, 3.63) is 0 Å². The summed E-state index contributed by atoms with van der Waals surface area (Å²) in [5.41, 5.74) is 5.29. The standard InChI is InChI=1S/C34H62N2O7/c1-23(6-9-31(40)36-13-5-15-42-17-19-43-18-16-41-14-4-12-35)26-7-8-27-32-28(22-30(39)34(26,27)3)33(2)11-10-25(37)20-24(33)21-29(32)38/h23-30,32,37-39H,4-22,35H2,1-3H3,(H,36,40)/t23-,24?,25-,26-,27+,28+,29-,30+,32?,33+,34-/m1/s1. The van der Waals surface area contributed by atoms with Crippen LogP contribution >= 0.6 is 0 Å². The van der Waals surface area contributed by atoms with Gasteiger partial charge in [0, 0.05) is 26.2 Å². The normalized spacial score (nSPS) is 39.5. The Morgan fingerprint density at radius 3 is 2.28 bits per heavy atom. The molecule has 0 bridgehead atoms. The molecule has 43 heavy (non-hydrogen) atoms. The molecule has 4 fully saturated rings. The zero-order valence-corrected chi connectivity index (χ0v) is 27.2. The van der Waals surface area contributed by atoms with Crippen LogP contribution in [0.15, 0.2) is 0 Å². The van der Waals surface area contributed by atoms with Crippen molar-refractivity contribution in [2.24, 2.45) is 52.1 Å². The Labute approximate surface area is 260 Å². The molecule has 11 atom stereocenters. The number of nitrogens with two attached hydrogens (primary N) is 1. The Balaban J connectivity index is 1.15. The first-order chi connectivity index (χ1) is 20.6. The maximum Gasteiger partial charge on any atom is 0.220 e. The number of carbonyl (C=O) groups excluding carboxylic acids is 1. The van der Waals surface area contributed by atoms with Gasteiger partial charge in [0.15, 0.2) is 0 Å². The second kappa shape index (κ2) is 16.1. The Kier molecular flexibility index (Phi) is 13.2.